The normalized spacial score (nSPS) is 20.8. The zero-order chi connectivity index (χ0) is 11.3. The summed E-state index contributed by atoms with van der Waals surface area (Å²) in [5.41, 5.74) is 5.95. The molecule has 3 heteroatoms. The summed E-state index contributed by atoms with van der Waals surface area (Å²) in [7, 11) is 1.78. The van der Waals surface area contributed by atoms with Crippen molar-refractivity contribution in [2.75, 3.05) is 39.9 Å². The van der Waals surface area contributed by atoms with E-state index in [4.69, 9.17) is 10.5 Å². The summed E-state index contributed by atoms with van der Waals surface area (Å²) in [5, 5.41) is 0. The van der Waals surface area contributed by atoms with Gasteiger partial charge in [0, 0.05) is 19.1 Å². The van der Waals surface area contributed by atoms with Gasteiger partial charge in [-0.15, -0.1) is 0 Å². The quantitative estimate of drug-likeness (QED) is 0.750. The summed E-state index contributed by atoms with van der Waals surface area (Å²) in [6.07, 6.45) is 2.53. The second-order valence-corrected chi connectivity index (χ2v) is 5.55. The van der Waals surface area contributed by atoms with Gasteiger partial charge in [0.1, 0.15) is 0 Å². The largest absolute Gasteiger partial charge is 0.384 e. The lowest BCUT2D eigenvalue weighted by atomic mass is 9.91. The molecule has 0 aromatic heterocycles. The lowest BCUT2D eigenvalue weighted by Gasteiger charge is -2.36. The summed E-state index contributed by atoms with van der Waals surface area (Å²) in [4.78, 5) is 2.55. The van der Waals surface area contributed by atoms with E-state index in [2.05, 4.69) is 18.7 Å². The number of likely N-dealkylation sites (tertiary alicyclic amines) is 1. The average Bonchev–Trinajstić information content (AvgIpc) is 2.18. The molecule has 0 aromatic carbocycles. The molecule has 0 amide bonds. The van der Waals surface area contributed by atoms with Crippen molar-refractivity contribution in [2.24, 2.45) is 17.1 Å². The molecule has 0 atom stereocenters. The number of nitrogens with two attached hydrogens (primary N) is 1. The molecule has 0 bridgehead atoms. The van der Waals surface area contributed by atoms with Crippen LogP contribution < -0.4 is 5.73 Å². The first-order valence-electron chi connectivity index (χ1n) is 5.99. The molecule has 2 N–H and O–H groups in total. The van der Waals surface area contributed by atoms with Crippen LogP contribution in [0.1, 0.15) is 26.7 Å². The SMILES string of the molecule is COCC(C)(C)CN1CCC(CN)CC1. The molecular weight excluding hydrogens is 188 g/mol. The number of rotatable bonds is 5. The fourth-order valence-corrected chi connectivity index (χ4v) is 2.42. The van der Waals surface area contributed by atoms with E-state index in [1.807, 2.05) is 0 Å². The van der Waals surface area contributed by atoms with Gasteiger partial charge in [-0.05, 0) is 38.4 Å². The molecule has 90 valence electrons. The summed E-state index contributed by atoms with van der Waals surface area (Å²) < 4.78 is 5.24. The molecule has 1 aliphatic heterocycles. The first-order chi connectivity index (χ1) is 7.07. The van der Waals surface area contributed by atoms with Crippen molar-refractivity contribution in [3.63, 3.8) is 0 Å². The molecule has 0 spiro atoms. The number of hydrogen-bond donors (Lipinski definition) is 1. The minimum atomic E-state index is 0.268. The van der Waals surface area contributed by atoms with Gasteiger partial charge in [0.25, 0.3) is 0 Å². The third kappa shape index (κ3) is 4.49. The monoisotopic (exact) mass is 214 g/mol. The third-order valence-corrected chi connectivity index (χ3v) is 3.23. The minimum absolute atomic E-state index is 0.268. The first kappa shape index (κ1) is 12.9. The Kier molecular flexibility index (Phi) is 5.03. The Balaban J connectivity index is 2.28. The number of ether oxygens (including phenoxy) is 1. The maximum absolute atomic E-state index is 5.69. The van der Waals surface area contributed by atoms with E-state index in [1.54, 1.807) is 7.11 Å². The lowest BCUT2D eigenvalue weighted by Crippen LogP contribution is -2.42. The fourth-order valence-electron chi connectivity index (χ4n) is 2.42. The van der Waals surface area contributed by atoms with Gasteiger partial charge in [0.15, 0.2) is 0 Å². The fraction of sp³-hybridized carbons (Fsp3) is 1.00. The number of methoxy groups -OCH3 is 1. The Hall–Kier alpha value is -0.120. The van der Waals surface area contributed by atoms with Crippen LogP contribution >= 0.6 is 0 Å². The van der Waals surface area contributed by atoms with Gasteiger partial charge in [-0.2, -0.15) is 0 Å². The molecule has 0 unspecified atom stereocenters. The standard InChI is InChI=1S/C12H26N2O/c1-12(2,10-15-3)9-14-6-4-11(8-13)5-7-14/h11H,4-10,13H2,1-3H3. The van der Waals surface area contributed by atoms with Crippen LogP contribution in [-0.2, 0) is 4.74 Å². The van der Waals surface area contributed by atoms with E-state index < -0.39 is 0 Å². The third-order valence-electron chi connectivity index (χ3n) is 3.23. The molecule has 0 radical (unpaired) electrons. The molecule has 0 aliphatic carbocycles. The van der Waals surface area contributed by atoms with Gasteiger partial charge in [-0.3, -0.25) is 0 Å². The van der Waals surface area contributed by atoms with E-state index in [9.17, 15) is 0 Å². The Bertz CT molecular complexity index is 174. The molecule has 0 saturated carbocycles. The van der Waals surface area contributed by atoms with Crippen molar-refractivity contribution in [1.29, 1.82) is 0 Å². The van der Waals surface area contributed by atoms with E-state index in [1.165, 1.54) is 25.9 Å². The highest BCUT2D eigenvalue weighted by atomic mass is 16.5. The predicted octanol–water partition coefficient (Wildman–Crippen LogP) is 1.33. The molecule has 0 aromatic rings. The smallest absolute Gasteiger partial charge is 0.0525 e. The molecular formula is C12H26N2O. The Morgan fingerprint density at radius 3 is 2.40 bits per heavy atom. The van der Waals surface area contributed by atoms with Crippen LogP contribution in [-0.4, -0.2) is 44.8 Å². The number of piperidine rings is 1. The van der Waals surface area contributed by atoms with Crippen molar-refractivity contribution >= 4 is 0 Å². The van der Waals surface area contributed by atoms with Crippen molar-refractivity contribution in [3.05, 3.63) is 0 Å². The second kappa shape index (κ2) is 5.83. The molecule has 1 heterocycles. The first-order valence-corrected chi connectivity index (χ1v) is 5.99. The van der Waals surface area contributed by atoms with E-state index in [0.29, 0.717) is 0 Å². The van der Waals surface area contributed by atoms with Gasteiger partial charge >= 0.3 is 0 Å². The average molecular weight is 214 g/mol. The van der Waals surface area contributed by atoms with Gasteiger partial charge in [0.2, 0.25) is 0 Å². The molecule has 1 rings (SSSR count). The van der Waals surface area contributed by atoms with Gasteiger partial charge in [0.05, 0.1) is 6.61 Å². The topological polar surface area (TPSA) is 38.5 Å². The lowest BCUT2D eigenvalue weighted by molar-refractivity contribution is 0.0573. The molecule has 15 heavy (non-hydrogen) atoms. The minimum Gasteiger partial charge on any atom is -0.384 e. The number of hydrogen-bond acceptors (Lipinski definition) is 3. The van der Waals surface area contributed by atoms with Crippen molar-refractivity contribution in [1.82, 2.24) is 4.90 Å². The van der Waals surface area contributed by atoms with Crippen LogP contribution in [0.2, 0.25) is 0 Å². The van der Waals surface area contributed by atoms with E-state index in [0.717, 1.165) is 25.6 Å². The summed E-state index contributed by atoms with van der Waals surface area (Å²) >= 11 is 0. The maximum atomic E-state index is 5.69. The van der Waals surface area contributed by atoms with Crippen LogP contribution in [0.3, 0.4) is 0 Å². The zero-order valence-corrected chi connectivity index (χ0v) is 10.5. The Labute approximate surface area is 94.0 Å². The molecule has 3 nitrogen and oxygen atoms in total. The van der Waals surface area contributed by atoms with Crippen LogP contribution in [0.25, 0.3) is 0 Å². The predicted molar refractivity (Wildman–Crippen MR) is 63.9 cm³/mol. The maximum Gasteiger partial charge on any atom is 0.0525 e. The number of nitrogens with zero attached hydrogens (tertiary/aromatic N) is 1. The molecule has 1 fully saturated rings. The van der Waals surface area contributed by atoms with Crippen LogP contribution in [0, 0.1) is 11.3 Å². The van der Waals surface area contributed by atoms with Gasteiger partial charge in [-0.1, -0.05) is 13.8 Å². The summed E-state index contributed by atoms with van der Waals surface area (Å²) in [6.45, 7) is 9.78. The Morgan fingerprint density at radius 1 is 1.33 bits per heavy atom. The summed E-state index contributed by atoms with van der Waals surface area (Å²) in [6, 6.07) is 0. The van der Waals surface area contributed by atoms with Crippen molar-refractivity contribution in [2.45, 2.75) is 26.7 Å². The highest BCUT2D eigenvalue weighted by Crippen LogP contribution is 2.22. The van der Waals surface area contributed by atoms with E-state index in [-0.39, 0.29) is 5.41 Å². The van der Waals surface area contributed by atoms with Crippen molar-refractivity contribution < 1.29 is 4.74 Å². The second-order valence-electron chi connectivity index (χ2n) is 5.55. The van der Waals surface area contributed by atoms with Crippen molar-refractivity contribution in [3.8, 4) is 0 Å². The highest BCUT2D eigenvalue weighted by Gasteiger charge is 2.25. The summed E-state index contributed by atoms with van der Waals surface area (Å²) in [5.74, 6) is 0.756. The van der Waals surface area contributed by atoms with E-state index >= 15 is 0 Å². The van der Waals surface area contributed by atoms with Crippen LogP contribution in [0.5, 0.6) is 0 Å². The van der Waals surface area contributed by atoms with Crippen LogP contribution in [0.4, 0.5) is 0 Å². The molecule has 1 aliphatic rings. The van der Waals surface area contributed by atoms with Crippen LogP contribution in [0.15, 0.2) is 0 Å². The highest BCUT2D eigenvalue weighted by molar-refractivity contribution is 4.78. The van der Waals surface area contributed by atoms with Gasteiger partial charge < -0.3 is 15.4 Å². The zero-order valence-electron chi connectivity index (χ0n) is 10.5. The Morgan fingerprint density at radius 2 is 1.93 bits per heavy atom. The van der Waals surface area contributed by atoms with Gasteiger partial charge in [-0.25, -0.2) is 0 Å². The molecule has 1 saturated heterocycles.